The van der Waals surface area contributed by atoms with E-state index in [9.17, 15) is 5.11 Å². The zero-order valence-corrected chi connectivity index (χ0v) is 12.8. The lowest BCUT2D eigenvalue weighted by Gasteiger charge is -2.52. The highest BCUT2D eigenvalue weighted by Crippen LogP contribution is 2.48. The molecule has 0 bridgehead atoms. The summed E-state index contributed by atoms with van der Waals surface area (Å²) in [6.45, 7) is 7.09. The van der Waals surface area contributed by atoms with Crippen molar-refractivity contribution in [3.8, 4) is 11.5 Å². The molecule has 1 N–H and O–H groups in total. The molecule has 0 aromatic heterocycles. The lowest BCUT2D eigenvalue weighted by molar-refractivity contribution is -0.159. The molecule has 2 rings (SSSR count). The Balaban J connectivity index is 1.97. The van der Waals surface area contributed by atoms with Crippen molar-refractivity contribution in [2.24, 2.45) is 5.41 Å². The van der Waals surface area contributed by atoms with Crippen molar-refractivity contribution in [2.75, 3.05) is 6.61 Å². The molecular formula is C17H26O3. The predicted octanol–water partition coefficient (Wildman–Crippen LogP) is 3.79. The zero-order valence-electron chi connectivity index (χ0n) is 12.8. The molecule has 0 amide bonds. The van der Waals surface area contributed by atoms with Gasteiger partial charge in [-0.15, -0.1) is 0 Å². The molecule has 0 spiro atoms. The average molecular weight is 278 g/mol. The summed E-state index contributed by atoms with van der Waals surface area (Å²) in [5.41, 5.74) is -0.0720. The van der Waals surface area contributed by atoms with Crippen LogP contribution < -0.4 is 9.47 Å². The van der Waals surface area contributed by atoms with E-state index in [1.807, 2.05) is 24.3 Å². The van der Waals surface area contributed by atoms with Gasteiger partial charge in [0.15, 0.2) is 0 Å². The summed E-state index contributed by atoms with van der Waals surface area (Å²) < 4.78 is 11.6. The molecule has 1 aliphatic carbocycles. The molecule has 1 fully saturated rings. The fraction of sp³-hybridized carbons (Fsp3) is 0.647. The van der Waals surface area contributed by atoms with Crippen LogP contribution in [0.5, 0.6) is 11.5 Å². The number of aliphatic hydroxyl groups excluding tert-OH is 1. The average Bonchev–Trinajstić information content (AvgIpc) is 2.47. The van der Waals surface area contributed by atoms with E-state index in [0.29, 0.717) is 0 Å². The second-order valence-corrected chi connectivity index (χ2v) is 5.62. The number of ether oxygens (including phenoxy) is 2. The van der Waals surface area contributed by atoms with Crippen LogP contribution in [-0.4, -0.2) is 23.9 Å². The first-order chi connectivity index (χ1) is 9.66. The van der Waals surface area contributed by atoms with Gasteiger partial charge in [-0.1, -0.05) is 20.8 Å². The standard InChI is InChI=1S/C17H26O3/c1-4-11-19-13-7-9-14(10-8-13)20-16-12-15(18)17(16,5-2)6-3/h7-10,15-16,18H,4-6,11-12H2,1-3H3. The minimum atomic E-state index is -0.227. The van der Waals surface area contributed by atoms with Gasteiger partial charge in [-0.2, -0.15) is 0 Å². The maximum Gasteiger partial charge on any atom is 0.120 e. The van der Waals surface area contributed by atoms with Gasteiger partial charge in [0, 0.05) is 11.8 Å². The lowest BCUT2D eigenvalue weighted by atomic mass is 9.60. The van der Waals surface area contributed by atoms with Gasteiger partial charge < -0.3 is 14.6 Å². The Hall–Kier alpha value is -1.22. The largest absolute Gasteiger partial charge is 0.494 e. The Bertz CT molecular complexity index is 409. The Kier molecular flexibility index (Phi) is 4.92. The van der Waals surface area contributed by atoms with E-state index in [0.717, 1.165) is 43.8 Å². The second kappa shape index (κ2) is 6.49. The van der Waals surface area contributed by atoms with E-state index in [1.54, 1.807) is 0 Å². The van der Waals surface area contributed by atoms with Crippen molar-refractivity contribution in [3.63, 3.8) is 0 Å². The van der Waals surface area contributed by atoms with Gasteiger partial charge in [-0.25, -0.2) is 0 Å². The molecule has 0 heterocycles. The highest BCUT2D eigenvalue weighted by atomic mass is 16.5. The first-order valence-electron chi connectivity index (χ1n) is 7.73. The SMILES string of the molecule is CCCOc1ccc(OC2CC(O)C2(CC)CC)cc1. The monoisotopic (exact) mass is 278 g/mol. The summed E-state index contributed by atoms with van der Waals surface area (Å²) in [6, 6.07) is 7.79. The van der Waals surface area contributed by atoms with E-state index in [-0.39, 0.29) is 17.6 Å². The first kappa shape index (κ1) is 15.2. The number of rotatable bonds is 7. The Morgan fingerprint density at radius 3 is 2.20 bits per heavy atom. The van der Waals surface area contributed by atoms with Crippen molar-refractivity contribution in [1.82, 2.24) is 0 Å². The molecule has 1 aromatic rings. The number of hydrogen-bond donors (Lipinski definition) is 1. The van der Waals surface area contributed by atoms with Crippen LogP contribution in [0.4, 0.5) is 0 Å². The molecule has 3 heteroatoms. The maximum absolute atomic E-state index is 10.0. The molecule has 0 aliphatic heterocycles. The molecule has 2 unspecified atom stereocenters. The third-order valence-corrected chi connectivity index (χ3v) is 4.63. The van der Waals surface area contributed by atoms with E-state index in [2.05, 4.69) is 20.8 Å². The number of aliphatic hydroxyl groups is 1. The zero-order chi connectivity index (χ0) is 14.6. The number of hydrogen-bond acceptors (Lipinski definition) is 3. The van der Waals surface area contributed by atoms with Crippen LogP contribution in [0.3, 0.4) is 0 Å². The van der Waals surface area contributed by atoms with Gasteiger partial charge in [0.2, 0.25) is 0 Å². The van der Waals surface area contributed by atoms with Gasteiger partial charge in [-0.3, -0.25) is 0 Å². The summed E-state index contributed by atoms with van der Waals surface area (Å²) in [5, 5.41) is 10.0. The van der Waals surface area contributed by atoms with Crippen LogP contribution in [0.2, 0.25) is 0 Å². The van der Waals surface area contributed by atoms with E-state index < -0.39 is 0 Å². The summed E-state index contributed by atoms with van der Waals surface area (Å²) >= 11 is 0. The van der Waals surface area contributed by atoms with E-state index >= 15 is 0 Å². The topological polar surface area (TPSA) is 38.7 Å². The molecule has 3 nitrogen and oxygen atoms in total. The minimum Gasteiger partial charge on any atom is -0.494 e. The number of benzene rings is 1. The third-order valence-electron chi connectivity index (χ3n) is 4.63. The van der Waals surface area contributed by atoms with Crippen LogP contribution in [-0.2, 0) is 0 Å². The molecule has 20 heavy (non-hydrogen) atoms. The third kappa shape index (κ3) is 2.78. The van der Waals surface area contributed by atoms with Crippen molar-refractivity contribution in [2.45, 2.75) is 58.7 Å². The summed E-state index contributed by atoms with van der Waals surface area (Å²) in [7, 11) is 0. The molecule has 1 aromatic carbocycles. The Morgan fingerprint density at radius 1 is 1.10 bits per heavy atom. The van der Waals surface area contributed by atoms with Crippen LogP contribution in [0.25, 0.3) is 0 Å². The fourth-order valence-electron chi connectivity index (χ4n) is 3.07. The summed E-state index contributed by atoms with van der Waals surface area (Å²) in [6.07, 6.45) is 3.54. The quantitative estimate of drug-likeness (QED) is 0.824. The van der Waals surface area contributed by atoms with Crippen LogP contribution in [0.1, 0.15) is 46.5 Å². The van der Waals surface area contributed by atoms with Crippen molar-refractivity contribution < 1.29 is 14.6 Å². The Morgan fingerprint density at radius 2 is 1.70 bits per heavy atom. The second-order valence-electron chi connectivity index (χ2n) is 5.62. The smallest absolute Gasteiger partial charge is 0.120 e. The molecule has 112 valence electrons. The van der Waals surface area contributed by atoms with Crippen LogP contribution in [0.15, 0.2) is 24.3 Å². The fourth-order valence-corrected chi connectivity index (χ4v) is 3.07. The highest BCUT2D eigenvalue weighted by molar-refractivity contribution is 5.31. The van der Waals surface area contributed by atoms with Crippen molar-refractivity contribution >= 4 is 0 Å². The van der Waals surface area contributed by atoms with Crippen molar-refractivity contribution in [3.05, 3.63) is 24.3 Å². The molecule has 0 radical (unpaired) electrons. The molecule has 2 atom stereocenters. The van der Waals surface area contributed by atoms with Crippen molar-refractivity contribution in [1.29, 1.82) is 0 Å². The van der Waals surface area contributed by atoms with Gasteiger partial charge in [0.05, 0.1) is 12.7 Å². The van der Waals surface area contributed by atoms with E-state index in [4.69, 9.17) is 9.47 Å². The van der Waals surface area contributed by atoms with Crippen LogP contribution >= 0.6 is 0 Å². The Labute approximate surface area is 121 Å². The van der Waals surface area contributed by atoms with Gasteiger partial charge in [0.1, 0.15) is 17.6 Å². The molecule has 1 saturated carbocycles. The highest BCUT2D eigenvalue weighted by Gasteiger charge is 2.53. The van der Waals surface area contributed by atoms with Gasteiger partial charge in [-0.05, 0) is 43.5 Å². The normalized spacial score (nSPS) is 24.0. The van der Waals surface area contributed by atoms with Gasteiger partial charge >= 0.3 is 0 Å². The maximum atomic E-state index is 10.0. The summed E-state index contributed by atoms with van der Waals surface area (Å²) in [4.78, 5) is 0. The molecule has 0 saturated heterocycles. The van der Waals surface area contributed by atoms with Gasteiger partial charge in [0.25, 0.3) is 0 Å². The summed E-state index contributed by atoms with van der Waals surface area (Å²) in [5.74, 6) is 1.74. The first-order valence-corrected chi connectivity index (χ1v) is 7.73. The molecule has 1 aliphatic rings. The van der Waals surface area contributed by atoms with E-state index in [1.165, 1.54) is 0 Å². The predicted molar refractivity (Wildman–Crippen MR) is 80.3 cm³/mol. The minimum absolute atomic E-state index is 0.0720. The van der Waals surface area contributed by atoms with Crippen LogP contribution in [0, 0.1) is 5.41 Å². The molecular weight excluding hydrogens is 252 g/mol. The lowest BCUT2D eigenvalue weighted by Crippen LogP contribution is -2.59.